The maximum absolute atomic E-state index is 13.2. The zero-order valence-corrected chi connectivity index (χ0v) is 24.6. The first-order valence-corrected chi connectivity index (χ1v) is 15.1. The third-order valence-electron chi connectivity index (χ3n) is 7.78. The lowest BCUT2D eigenvalue weighted by atomic mass is 9.98. The fourth-order valence-corrected chi connectivity index (χ4v) is 6.42. The maximum Gasteiger partial charge on any atom is 0.257 e. The molecule has 0 aliphatic carbocycles. The largest absolute Gasteiger partial charge is 0.493 e. The Kier molecular flexibility index (Phi) is 8.17. The molecule has 4 aromatic carbocycles. The van der Waals surface area contributed by atoms with Crippen LogP contribution < -0.4 is 20.2 Å². The molecule has 5 aromatic rings. The smallest absolute Gasteiger partial charge is 0.257 e. The van der Waals surface area contributed by atoms with Crippen LogP contribution in [-0.2, 0) is 13.0 Å². The van der Waals surface area contributed by atoms with Crippen molar-refractivity contribution in [3.8, 4) is 11.5 Å². The average molecular weight is 580 g/mol. The van der Waals surface area contributed by atoms with Crippen LogP contribution in [0, 0.1) is 0 Å². The van der Waals surface area contributed by atoms with Gasteiger partial charge in [0.25, 0.3) is 5.91 Å². The van der Waals surface area contributed by atoms with Gasteiger partial charge >= 0.3 is 0 Å². The zero-order valence-electron chi connectivity index (χ0n) is 23.7. The summed E-state index contributed by atoms with van der Waals surface area (Å²) in [5, 5.41) is 4.10. The van der Waals surface area contributed by atoms with Crippen molar-refractivity contribution in [2.24, 2.45) is 0 Å². The molecule has 0 fully saturated rings. The molecule has 0 saturated heterocycles. The number of aromatic amines is 1. The minimum Gasteiger partial charge on any atom is -0.493 e. The number of rotatable bonds is 9. The van der Waals surface area contributed by atoms with Gasteiger partial charge in [0.2, 0.25) is 0 Å². The summed E-state index contributed by atoms with van der Waals surface area (Å²) in [6, 6.07) is 24.7. The number of nitrogens with one attached hydrogen (secondary N) is 2. The number of nitrogens with zero attached hydrogens (tertiary/aromatic N) is 1. The Morgan fingerprint density at radius 3 is 2.45 bits per heavy atom. The van der Waals surface area contributed by atoms with E-state index in [1.807, 2.05) is 54.2 Å². The molecule has 214 valence electrons. The molecule has 1 aliphatic rings. The molecule has 8 heteroatoms. The number of hydrogen-bond donors (Lipinski definition) is 2. The van der Waals surface area contributed by atoms with E-state index in [1.165, 1.54) is 11.1 Å². The number of ether oxygens (including phenoxy) is 2. The van der Waals surface area contributed by atoms with E-state index in [1.54, 1.807) is 38.5 Å². The fraction of sp³-hybridized carbons (Fsp3) is 0.235. The highest BCUT2D eigenvalue weighted by atomic mass is 32.2. The van der Waals surface area contributed by atoms with Crippen molar-refractivity contribution in [2.45, 2.75) is 24.3 Å². The summed E-state index contributed by atoms with van der Waals surface area (Å²) in [6.45, 7) is 3.01. The number of hydrogen-bond acceptors (Lipinski definition) is 6. The average Bonchev–Trinajstić information content (AvgIpc) is 3.03. The molecular weight excluding hydrogens is 546 g/mol. The van der Waals surface area contributed by atoms with E-state index in [0.29, 0.717) is 33.1 Å². The van der Waals surface area contributed by atoms with Gasteiger partial charge in [-0.25, -0.2) is 0 Å². The predicted molar refractivity (Wildman–Crippen MR) is 170 cm³/mol. The summed E-state index contributed by atoms with van der Waals surface area (Å²) < 4.78 is 10.9. The molecule has 0 atom stereocenters. The third kappa shape index (κ3) is 5.73. The molecule has 6 rings (SSSR count). The van der Waals surface area contributed by atoms with E-state index < -0.39 is 0 Å². The molecule has 0 saturated carbocycles. The van der Waals surface area contributed by atoms with Crippen molar-refractivity contribution in [3.63, 3.8) is 0 Å². The van der Waals surface area contributed by atoms with Crippen LogP contribution in [0.4, 0.5) is 5.69 Å². The third-order valence-corrected chi connectivity index (χ3v) is 8.88. The second kappa shape index (κ2) is 12.3. The number of para-hydroxylation sites is 2. The maximum atomic E-state index is 13.2. The SMILES string of the molecule is COc1cc2c(cc1OC)CN(CCCSc1ccc(NC(=O)c3cccc4c(=O)c5ccccc5[nH]c34)cc1)CC2. The summed E-state index contributed by atoms with van der Waals surface area (Å²) in [4.78, 5) is 33.1. The normalized spacial score (nSPS) is 13.2. The van der Waals surface area contributed by atoms with E-state index in [4.69, 9.17) is 9.47 Å². The summed E-state index contributed by atoms with van der Waals surface area (Å²) in [5.41, 5.74) is 4.97. The Bertz CT molecular complexity index is 1820. The first-order valence-electron chi connectivity index (χ1n) is 14.1. The van der Waals surface area contributed by atoms with E-state index in [-0.39, 0.29) is 11.3 Å². The van der Waals surface area contributed by atoms with Crippen molar-refractivity contribution in [2.75, 3.05) is 38.4 Å². The van der Waals surface area contributed by atoms with Crippen molar-refractivity contribution < 1.29 is 14.3 Å². The van der Waals surface area contributed by atoms with Gasteiger partial charge in [0.1, 0.15) is 0 Å². The highest BCUT2D eigenvalue weighted by Gasteiger charge is 2.19. The molecule has 0 unspecified atom stereocenters. The van der Waals surface area contributed by atoms with Crippen LogP contribution in [0.2, 0.25) is 0 Å². The Morgan fingerprint density at radius 2 is 1.67 bits per heavy atom. The van der Waals surface area contributed by atoms with Crippen LogP contribution in [0.25, 0.3) is 21.8 Å². The number of amides is 1. The molecule has 1 amide bonds. The Labute approximate surface area is 248 Å². The van der Waals surface area contributed by atoms with Gasteiger partial charge in [0, 0.05) is 40.0 Å². The molecule has 0 radical (unpaired) electrons. The van der Waals surface area contributed by atoms with Crippen molar-refractivity contribution in [1.29, 1.82) is 0 Å². The monoisotopic (exact) mass is 579 g/mol. The lowest BCUT2D eigenvalue weighted by Crippen LogP contribution is -2.31. The van der Waals surface area contributed by atoms with Crippen molar-refractivity contribution in [3.05, 3.63) is 106 Å². The Morgan fingerprint density at radius 1 is 0.929 bits per heavy atom. The summed E-state index contributed by atoms with van der Waals surface area (Å²) in [5.74, 6) is 2.34. The number of fused-ring (bicyclic) bond motifs is 3. The highest BCUT2D eigenvalue weighted by Crippen LogP contribution is 2.33. The summed E-state index contributed by atoms with van der Waals surface area (Å²) in [7, 11) is 3.36. The van der Waals surface area contributed by atoms with Crippen LogP contribution in [-0.4, -0.2) is 48.9 Å². The lowest BCUT2D eigenvalue weighted by molar-refractivity contribution is 0.102. The van der Waals surface area contributed by atoms with Gasteiger partial charge < -0.3 is 19.8 Å². The van der Waals surface area contributed by atoms with Gasteiger partial charge in [-0.15, -0.1) is 11.8 Å². The number of H-pyrrole nitrogens is 1. The number of anilines is 1. The molecule has 0 spiro atoms. The number of methoxy groups -OCH3 is 2. The van der Waals surface area contributed by atoms with E-state index in [0.717, 1.165) is 54.6 Å². The van der Waals surface area contributed by atoms with E-state index in [9.17, 15) is 9.59 Å². The molecule has 42 heavy (non-hydrogen) atoms. The van der Waals surface area contributed by atoms with Gasteiger partial charge in [-0.1, -0.05) is 18.2 Å². The van der Waals surface area contributed by atoms with Gasteiger partial charge in [0.15, 0.2) is 16.9 Å². The van der Waals surface area contributed by atoms with Gasteiger partial charge in [-0.2, -0.15) is 0 Å². The molecule has 2 N–H and O–H groups in total. The van der Waals surface area contributed by atoms with Crippen LogP contribution in [0.5, 0.6) is 11.5 Å². The van der Waals surface area contributed by atoms with E-state index >= 15 is 0 Å². The second-order valence-corrected chi connectivity index (χ2v) is 11.6. The number of carbonyl (C=O) groups excluding carboxylic acids is 1. The number of pyridine rings is 1. The molecule has 1 aliphatic heterocycles. The molecule has 1 aromatic heterocycles. The van der Waals surface area contributed by atoms with Crippen LogP contribution in [0.15, 0.2) is 88.6 Å². The minimum absolute atomic E-state index is 0.0821. The van der Waals surface area contributed by atoms with Crippen molar-refractivity contribution in [1.82, 2.24) is 9.88 Å². The molecule has 7 nitrogen and oxygen atoms in total. The number of aromatic nitrogens is 1. The Balaban J connectivity index is 1.03. The topological polar surface area (TPSA) is 83.7 Å². The lowest BCUT2D eigenvalue weighted by Gasteiger charge is -2.29. The quantitative estimate of drug-likeness (QED) is 0.118. The van der Waals surface area contributed by atoms with Crippen LogP contribution >= 0.6 is 11.8 Å². The first-order chi connectivity index (χ1) is 20.5. The first kappa shape index (κ1) is 27.9. The molecular formula is C34H33N3O4S. The fourth-order valence-electron chi connectivity index (χ4n) is 5.58. The molecule has 0 bridgehead atoms. The van der Waals surface area contributed by atoms with Crippen molar-refractivity contribution >= 4 is 45.2 Å². The minimum atomic E-state index is -0.258. The predicted octanol–water partition coefficient (Wildman–Crippen LogP) is 6.49. The highest BCUT2D eigenvalue weighted by molar-refractivity contribution is 7.99. The van der Waals surface area contributed by atoms with E-state index in [2.05, 4.69) is 27.3 Å². The van der Waals surface area contributed by atoms with Gasteiger partial charge in [0.05, 0.1) is 25.3 Å². The standard InChI is InChI=1S/C34H33N3O4S/c1-40-30-19-22-15-17-37(21-23(22)20-31(30)41-2)16-6-18-42-25-13-11-24(12-14-25)35-34(39)28-9-5-8-27-32(28)36-29-10-4-3-7-26(29)33(27)38/h3-5,7-14,19-20H,6,15-18,21H2,1-2H3,(H,35,39)(H,36,38). The number of benzene rings is 4. The number of thioether (sulfide) groups is 1. The zero-order chi connectivity index (χ0) is 29.1. The number of carbonyl (C=O) groups is 1. The van der Waals surface area contributed by atoms with Crippen LogP contribution in [0.1, 0.15) is 27.9 Å². The van der Waals surface area contributed by atoms with Gasteiger partial charge in [-0.05, 0) is 96.9 Å². The summed E-state index contributed by atoms with van der Waals surface area (Å²) in [6.07, 6.45) is 2.10. The van der Waals surface area contributed by atoms with Gasteiger partial charge in [-0.3, -0.25) is 14.5 Å². The molecule has 2 heterocycles. The summed E-state index contributed by atoms with van der Waals surface area (Å²) >= 11 is 1.82. The van der Waals surface area contributed by atoms with Crippen LogP contribution in [0.3, 0.4) is 0 Å². The second-order valence-electron chi connectivity index (χ2n) is 10.4. The Hall–Kier alpha value is -4.27.